The van der Waals surface area contributed by atoms with Crippen molar-refractivity contribution >= 4 is 34.8 Å². The molecule has 0 bridgehead atoms. The lowest BCUT2D eigenvalue weighted by atomic mass is 9.77. The quantitative estimate of drug-likeness (QED) is 0.728. The topological polar surface area (TPSA) is 102 Å². The third-order valence-electron chi connectivity index (χ3n) is 6.28. The highest BCUT2D eigenvalue weighted by atomic mass is 32.1. The first-order valence-corrected chi connectivity index (χ1v) is 10.8. The number of carbonyl (C=O) groups is 3. The number of amides is 2. The zero-order chi connectivity index (χ0) is 20.6. The second-order valence-electron chi connectivity index (χ2n) is 8.41. The molecule has 29 heavy (non-hydrogen) atoms. The van der Waals surface area contributed by atoms with E-state index in [0.29, 0.717) is 31.6 Å². The zero-order valence-electron chi connectivity index (χ0n) is 16.5. The number of carboxylic acid groups (broad SMARTS) is 1. The van der Waals surface area contributed by atoms with E-state index < -0.39 is 5.97 Å². The molecule has 0 aliphatic carbocycles. The van der Waals surface area contributed by atoms with Crippen molar-refractivity contribution < 1.29 is 19.5 Å². The summed E-state index contributed by atoms with van der Waals surface area (Å²) >= 11 is 1.79. The Kier molecular flexibility index (Phi) is 5.44. The summed E-state index contributed by atoms with van der Waals surface area (Å²) in [6, 6.07) is 4.28. The Morgan fingerprint density at radius 1 is 1.31 bits per heavy atom. The van der Waals surface area contributed by atoms with Crippen molar-refractivity contribution in [2.24, 2.45) is 16.4 Å². The first-order chi connectivity index (χ1) is 13.8. The van der Waals surface area contributed by atoms with E-state index >= 15 is 0 Å². The van der Waals surface area contributed by atoms with Crippen LogP contribution in [0.25, 0.3) is 0 Å². The van der Waals surface area contributed by atoms with Crippen molar-refractivity contribution in [3.05, 3.63) is 21.9 Å². The maximum atomic E-state index is 12.9. The Morgan fingerprint density at radius 3 is 2.79 bits per heavy atom. The van der Waals surface area contributed by atoms with E-state index in [-0.39, 0.29) is 36.0 Å². The second kappa shape index (κ2) is 7.87. The van der Waals surface area contributed by atoms with Gasteiger partial charge in [0.05, 0.1) is 0 Å². The first-order valence-electron chi connectivity index (χ1n) is 9.99. The van der Waals surface area contributed by atoms with E-state index in [1.54, 1.807) is 11.3 Å². The van der Waals surface area contributed by atoms with Gasteiger partial charge in [-0.1, -0.05) is 0 Å². The Labute approximate surface area is 173 Å². The fraction of sp³-hybridized carbons (Fsp3) is 0.600. The van der Waals surface area contributed by atoms with Gasteiger partial charge in [0.25, 0.3) is 5.91 Å². The number of hydrazone groups is 1. The van der Waals surface area contributed by atoms with Crippen LogP contribution in [0.3, 0.4) is 0 Å². The van der Waals surface area contributed by atoms with Crippen LogP contribution in [0.4, 0.5) is 0 Å². The molecule has 1 aromatic rings. The molecular formula is C20H26N4O4S. The van der Waals surface area contributed by atoms with Crippen LogP contribution in [0.2, 0.25) is 0 Å². The minimum Gasteiger partial charge on any atom is -0.481 e. The summed E-state index contributed by atoms with van der Waals surface area (Å²) in [6.45, 7) is 5.80. The van der Waals surface area contributed by atoms with E-state index in [1.165, 1.54) is 9.75 Å². The van der Waals surface area contributed by atoms with Crippen LogP contribution in [-0.2, 0) is 20.9 Å². The third kappa shape index (κ3) is 4.20. The van der Waals surface area contributed by atoms with Gasteiger partial charge in [-0.2, -0.15) is 5.10 Å². The molecule has 2 fully saturated rings. The Bertz CT molecular complexity index is 866. The average Bonchev–Trinajstić information content (AvgIpc) is 3.32. The minimum absolute atomic E-state index is 0.113. The molecule has 4 rings (SSSR count). The van der Waals surface area contributed by atoms with E-state index in [4.69, 9.17) is 0 Å². The van der Waals surface area contributed by atoms with Crippen LogP contribution >= 0.6 is 11.3 Å². The monoisotopic (exact) mass is 418 g/mol. The van der Waals surface area contributed by atoms with Gasteiger partial charge in [0.2, 0.25) is 5.91 Å². The van der Waals surface area contributed by atoms with Crippen LogP contribution in [0.1, 0.15) is 35.4 Å². The number of carbonyl (C=O) groups excluding carboxylic acids is 2. The lowest BCUT2D eigenvalue weighted by Gasteiger charge is -2.29. The maximum absolute atomic E-state index is 12.9. The number of hydrogen-bond acceptors (Lipinski definition) is 6. The van der Waals surface area contributed by atoms with Gasteiger partial charge >= 0.3 is 5.97 Å². The van der Waals surface area contributed by atoms with Gasteiger partial charge in [-0.25, -0.2) is 5.43 Å². The van der Waals surface area contributed by atoms with Crippen LogP contribution in [0.15, 0.2) is 17.2 Å². The largest absolute Gasteiger partial charge is 0.481 e. The highest BCUT2D eigenvalue weighted by Gasteiger charge is 2.53. The summed E-state index contributed by atoms with van der Waals surface area (Å²) in [7, 11) is 0. The van der Waals surface area contributed by atoms with E-state index in [9.17, 15) is 19.5 Å². The lowest BCUT2D eigenvalue weighted by molar-refractivity contribution is -0.137. The van der Waals surface area contributed by atoms with Gasteiger partial charge in [-0.15, -0.1) is 11.3 Å². The molecule has 4 heterocycles. The van der Waals surface area contributed by atoms with Crippen LogP contribution in [-0.4, -0.2) is 64.6 Å². The average molecular weight is 419 g/mol. The Balaban J connectivity index is 1.47. The number of fused-ring (bicyclic) bond motifs is 1. The van der Waals surface area contributed by atoms with Gasteiger partial charge in [0, 0.05) is 67.2 Å². The van der Waals surface area contributed by atoms with Crippen molar-refractivity contribution in [2.45, 2.75) is 39.2 Å². The Morgan fingerprint density at radius 2 is 2.14 bits per heavy atom. The SMILES string of the molecule is Cc1ccc(CN2CC3CN(C(=O)C4=NNC(=O)CC4)CC3(CCC(=O)O)C2)s1. The fourth-order valence-corrected chi connectivity index (χ4v) is 5.81. The molecule has 8 nitrogen and oxygen atoms in total. The minimum atomic E-state index is -0.797. The number of carboxylic acids is 1. The summed E-state index contributed by atoms with van der Waals surface area (Å²) in [5, 5.41) is 13.2. The van der Waals surface area contributed by atoms with Crippen molar-refractivity contribution in [3.8, 4) is 0 Å². The van der Waals surface area contributed by atoms with Gasteiger partial charge in [0.15, 0.2) is 0 Å². The lowest BCUT2D eigenvalue weighted by Crippen LogP contribution is -2.42. The fourth-order valence-electron chi connectivity index (χ4n) is 4.88. The van der Waals surface area contributed by atoms with Crippen LogP contribution in [0.5, 0.6) is 0 Å². The number of thiophene rings is 1. The number of likely N-dealkylation sites (tertiary alicyclic amines) is 2. The molecule has 2 amide bonds. The molecule has 2 unspecified atom stereocenters. The highest BCUT2D eigenvalue weighted by Crippen LogP contribution is 2.46. The smallest absolute Gasteiger partial charge is 0.303 e. The number of aliphatic carboxylic acids is 1. The van der Waals surface area contributed by atoms with Gasteiger partial charge in [0.1, 0.15) is 5.71 Å². The molecule has 0 spiro atoms. The molecule has 3 aliphatic heterocycles. The molecule has 9 heteroatoms. The maximum Gasteiger partial charge on any atom is 0.303 e. The number of aryl methyl sites for hydroxylation is 1. The summed E-state index contributed by atoms with van der Waals surface area (Å²) in [5.74, 6) is -0.841. The van der Waals surface area contributed by atoms with Crippen molar-refractivity contribution in [1.29, 1.82) is 0 Å². The molecule has 2 atom stereocenters. The Hall–Kier alpha value is -2.26. The molecular weight excluding hydrogens is 392 g/mol. The second-order valence-corrected chi connectivity index (χ2v) is 9.79. The van der Waals surface area contributed by atoms with Crippen molar-refractivity contribution in [3.63, 3.8) is 0 Å². The molecule has 3 aliphatic rings. The van der Waals surface area contributed by atoms with Crippen molar-refractivity contribution in [1.82, 2.24) is 15.2 Å². The summed E-state index contributed by atoms with van der Waals surface area (Å²) in [5.41, 5.74) is 2.59. The number of nitrogens with one attached hydrogen (secondary N) is 1. The predicted octanol–water partition coefficient (Wildman–Crippen LogP) is 1.45. The third-order valence-corrected chi connectivity index (χ3v) is 7.27. The van der Waals surface area contributed by atoms with E-state index in [2.05, 4.69) is 34.5 Å². The molecule has 1 aromatic heterocycles. The van der Waals surface area contributed by atoms with Gasteiger partial charge in [-0.05, 0) is 31.4 Å². The predicted molar refractivity (Wildman–Crippen MR) is 109 cm³/mol. The number of rotatable bonds is 6. The summed E-state index contributed by atoms with van der Waals surface area (Å²) in [4.78, 5) is 42.3. The van der Waals surface area contributed by atoms with Gasteiger partial charge < -0.3 is 10.0 Å². The summed E-state index contributed by atoms with van der Waals surface area (Å²) < 4.78 is 0. The van der Waals surface area contributed by atoms with Crippen LogP contribution in [0, 0.1) is 18.3 Å². The van der Waals surface area contributed by atoms with E-state index in [0.717, 1.165) is 19.6 Å². The highest BCUT2D eigenvalue weighted by molar-refractivity contribution is 7.11. The molecule has 2 N–H and O–H groups in total. The molecule has 0 aromatic carbocycles. The van der Waals surface area contributed by atoms with Gasteiger partial charge in [-0.3, -0.25) is 19.3 Å². The van der Waals surface area contributed by atoms with Crippen LogP contribution < -0.4 is 5.43 Å². The molecule has 0 saturated carbocycles. The zero-order valence-corrected chi connectivity index (χ0v) is 17.3. The van der Waals surface area contributed by atoms with E-state index in [1.807, 2.05) is 4.90 Å². The summed E-state index contributed by atoms with van der Waals surface area (Å²) in [6.07, 6.45) is 1.32. The first kappa shape index (κ1) is 20.0. The number of hydrogen-bond donors (Lipinski definition) is 2. The van der Waals surface area contributed by atoms with Crippen molar-refractivity contribution in [2.75, 3.05) is 26.2 Å². The normalized spacial score (nSPS) is 26.9. The standard InChI is InChI=1S/C20H26N4O4S/c1-13-2-3-15(29-13)10-23-8-14-9-24(12-20(14,11-23)7-6-18(26)27)19(28)16-4-5-17(25)22-21-16/h2-3,14H,4-12H2,1H3,(H,22,25)(H,26,27). The molecule has 2 saturated heterocycles. The number of nitrogens with zero attached hydrogens (tertiary/aromatic N) is 3. The molecule has 0 radical (unpaired) electrons. The molecule has 156 valence electrons.